The molecule has 160 valence electrons. The number of methoxy groups -OCH3 is 2. The van der Waals surface area contributed by atoms with Crippen molar-refractivity contribution in [2.75, 3.05) is 46.3 Å². The molecule has 0 aliphatic heterocycles. The van der Waals surface area contributed by atoms with E-state index >= 15 is 0 Å². The molecule has 0 amide bonds. The van der Waals surface area contributed by atoms with E-state index in [1.54, 1.807) is 14.2 Å². The van der Waals surface area contributed by atoms with Crippen molar-refractivity contribution < 1.29 is 9.47 Å². The van der Waals surface area contributed by atoms with E-state index in [0.29, 0.717) is 6.54 Å². The third kappa shape index (κ3) is 8.00. The van der Waals surface area contributed by atoms with Gasteiger partial charge >= 0.3 is 0 Å². The molecule has 0 aliphatic carbocycles. The summed E-state index contributed by atoms with van der Waals surface area (Å²) in [6, 6.07) is 14.4. The highest BCUT2D eigenvalue weighted by Gasteiger charge is 2.05. The maximum atomic E-state index is 5.45. The maximum Gasteiger partial charge on any atom is 0.191 e. The van der Waals surface area contributed by atoms with E-state index in [1.165, 1.54) is 11.3 Å². The monoisotopic (exact) mass is 512 g/mol. The molecule has 29 heavy (non-hydrogen) atoms. The third-order valence-electron chi connectivity index (χ3n) is 4.40. The Morgan fingerprint density at radius 3 is 2.31 bits per heavy atom. The maximum absolute atomic E-state index is 5.45. The molecule has 0 spiro atoms. The van der Waals surface area contributed by atoms with E-state index < -0.39 is 0 Å². The molecule has 0 aromatic heterocycles. The SMILES string of the molecule is CCNC(=NCc1ccc(OC)cc1OC)NCCc1ccc(N(C)C)cc1.I. The van der Waals surface area contributed by atoms with Gasteiger partial charge in [0.15, 0.2) is 5.96 Å². The lowest BCUT2D eigenvalue weighted by Crippen LogP contribution is -2.38. The summed E-state index contributed by atoms with van der Waals surface area (Å²) in [7, 11) is 7.40. The van der Waals surface area contributed by atoms with Crippen LogP contribution in [0.2, 0.25) is 0 Å². The minimum atomic E-state index is 0. The first kappa shape index (κ1) is 24.9. The van der Waals surface area contributed by atoms with Crippen LogP contribution in [-0.4, -0.2) is 47.4 Å². The molecule has 7 heteroatoms. The van der Waals surface area contributed by atoms with E-state index in [-0.39, 0.29) is 24.0 Å². The predicted octanol–water partition coefficient (Wildman–Crippen LogP) is 3.69. The van der Waals surface area contributed by atoms with Crippen LogP contribution in [0.3, 0.4) is 0 Å². The highest BCUT2D eigenvalue weighted by atomic mass is 127. The van der Waals surface area contributed by atoms with Gasteiger partial charge in [-0.05, 0) is 43.2 Å². The van der Waals surface area contributed by atoms with Crippen molar-refractivity contribution in [2.24, 2.45) is 4.99 Å². The van der Waals surface area contributed by atoms with E-state index in [0.717, 1.165) is 42.5 Å². The molecule has 0 fully saturated rings. The number of nitrogens with zero attached hydrogens (tertiary/aromatic N) is 2. The summed E-state index contributed by atoms with van der Waals surface area (Å²) in [5, 5.41) is 6.69. The van der Waals surface area contributed by atoms with E-state index in [9.17, 15) is 0 Å². The van der Waals surface area contributed by atoms with Gasteiger partial charge in [-0.1, -0.05) is 12.1 Å². The molecule has 0 atom stereocenters. The lowest BCUT2D eigenvalue weighted by Gasteiger charge is -2.14. The first-order chi connectivity index (χ1) is 13.6. The Morgan fingerprint density at radius 1 is 1.00 bits per heavy atom. The first-order valence-corrected chi connectivity index (χ1v) is 9.56. The average Bonchev–Trinajstić information content (AvgIpc) is 2.72. The molecule has 0 bridgehead atoms. The van der Waals surface area contributed by atoms with Crippen LogP contribution in [0, 0.1) is 0 Å². The number of anilines is 1. The van der Waals surface area contributed by atoms with Gasteiger partial charge < -0.3 is 25.0 Å². The number of halogens is 1. The molecule has 6 nitrogen and oxygen atoms in total. The summed E-state index contributed by atoms with van der Waals surface area (Å²) < 4.78 is 10.7. The molecule has 2 N–H and O–H groups in total. The number of hydrogen-bond donors (Lipinski definition) is 2. The van der Waals surface area contributed by atoms with Gasteiger partial charge in [0.1, 0.15) is 11.5 Å². The van der Waals surface area contributed by atoms with Crippen molar-refractivity contribution in [3.05, 3.63) is 53.6 Å². The zero-order valence-corrected chi connectivity index (χ0v) is 20.3. The van der Waals surface area contributed by atoms with Crippen molar-refractivity contribution in [1.29, 1.82) is 0 Å². The number of rotatable bonds is 9. The zero-order chi connectivity index (χ0) is 20.4. The molecule has 2 aromatic rings. The topological polar surface area (TPSA) is 58.1 Å². The molecule has 0 radical (unpaired) electrons. The standard InChI is InChI=1S/C22H32N4O2.HI/c1-6-23-22(24-14-13-17-7-10-19(11-8-17)26(2)3)25-16-18-9-12-20(27-4)15-21(18)28-5;/h7-12,15H,6,13-14,16H2,1-5H3,(H2,23,24,25);1H. The van der Waals surface area contributed by atoms with E-state index in [4.69, 9.17) is 9.47 Å². The van der Waals surface area contributed by atoms with Gasteiger partial charge in [-0.2, -0.15) is 0 Å². The molecule has 0 saturated heterocycles. The second kappa shape index (κ2) is 13.1. The largest absolute Gasteiger partial charge is 0.497 e. The Kier molecular flexibility index (Phi) is 11.3. The zero-order valence-electron chi connectivity index (χ0n) is 18.0. The molecule has 2 rings (SSSR count). The van der Waals surface area contributed by atoms with Crippen LogP contribution in [0.25, 0.3) is 0 Å². The normalized spacial score (nSPS) is 10.7. The molecule has 0 aliphatic rings. The molecule has 0 unspecified atom stereocenters. The quantitative estimate of drug-likeness (QED) is 0.305. The summed E-state index contributed by atoms with van der Waals surface area (Å²) in [6.07, 6.45) is 0.935. The van der Waals surface area contributed by atoms with Crippen LogP contribution in [-0.2, 0) is 13.0 Å². The number of nitrogens with one attached hydrogen (secondary N) is 2. The smallest absolute Gasteiger partial charge is 0.191 e. The van der Waals surface area contributed by atoms with Crippen LogP contribution in [0.5, 0.6) is 11.5 Å². The van der Waals surface area contributed by atoms with Gasteiger partial charge in [-0.15, -0.1) is 24.0 Å². The van der Waals surface area contributed by atoms with Gasteiger partial charge in [0.25, 0.3) is 0 Å². The van der Waals surface area contributed by atoms with Crippen LogP contribution in [0.15, 0.2) is 47.5 Å². The van der Waals surface area contributed by atoms with Gasteiger partial charge in [0.2, 0.25) is 0 Å². The van der Waals surface area contributed by atoms with Crippen LogP contribution >= 0.6 is 24.0 Å². The summed E-state index contributed by atoms with van der Waals surface area (Å²) in [5.41, 5.74) is 3.52. The lowest BCUT2D eigenvalue weighted by atomic mass is 10.1. The van der Waals surface area contributed by atoms with Gasteiger partial charge in [-0.3, -0.25) is 0 Å². The molecule has 0 saturated carbocycles. The second-order valence-electron chi connectivity index (χ2n) is 6.61. The fraction of sp³-hybridized carbons (Fsp3) is 0.409. The number of aliphatic imine (C=N–C) groups is 1. The molecular formula is C22H33IN4O2. The number of ether oxygens (including phenoxy) is 2. The Morgan fingerprint density at radius 2 is 1.72 bits per heavy atom. The van der Waals surface area contributed by atoms with Crippen molar-refractivity contribution in [3.8, 4) is 11.5 Å². The van der Waals surface area contributed by atoms with Crippen LogP contribution in [0.4, 0.5) is 5.69 Å². The minimum absolute atomic E-state index is 0. The fourth-order valence-electron chi connectivity index (χ4n) is 2.77. The first-order valence-electron chi connectivity index (χ1n) is 9.56. The predicted molar refractivity (Wildman–Crippen MR) is 132 cm³/mol. The summed E-state index contributed by atoms with van der Waals surface area (Å²) in [4.78, 5) is 6.79. The fourth-order valence-corrected chi connectivity index (χ4v) is 2.77. The highest BCUT2D eigenvalue weighted by molar-refractivity contribution is 14.0. The third-order valence-corrected chi connectivity index (χ3v) is 4.40. The highest BCUT2D eigenvalue weighted by Crippen LogP contribution is 2.25. The average molecular weight is 512 g/mol. The Labute approximate surface area is 191 Å². The van der Waals surface area contributed by atoms with Crippen molar-refractivity contribution in [3.63, 3.8) is 0 Å². The van der Waals surface area contributed by atoms with Gasteiger partial charge in [-0.25, -0.2) is 4.99 Å². The van der Waals surface area contributed by atoms with E-state index in [2.05, 4.69) is 51.7 Å². The Bertz CT molecular complexity index is 764. The minimum Gasteiger partial charge on any atom is -0.497 e. The van der Waals surface area contributed by atoms with Gasteiger partial charge in [0.05, 0.1) is 20.8 Å². The van der Waals surface area contributed by atoms with Crippen LogP contribution in [0.1, 0.15) is 18.1 Å². The lowest BCUT2D eigenvalue weighted by molar-refractivity contribution is 0.391. The van der Waals surface area contributed by atoms with Gasteiger partial charge in [0, 0.05) is 44.5 Å². The molecule has 0 heterocycles. The van der Waals surface area contributed by atoms with Crippen LogP contribution < -0.4 is 25.0 Å². The van der Waals surface area contributed by atoms with Crippen molar-refractivity contribution in [1.82, 2.24) is 10.6 Å². The Balaban J connectivity index is 0.00000420. The summed E-state index contributed by atoms with van der Waals surface area (Å²) >= 11 is 0. The number of benzene rings is 2. The molecular weight excluding hydrogens is 479 g/mol. The number of guanidine groups is 1. The second-order valence-corrected chi connectivity index (χ2v) is 6.61. The van der Waals surface area contributed by atoms with Crippen molar-refractivity contribution >= 4 is 35.6 Å². The number of hydrogen-bond acceptors (Lipinski definition) is 4. The van der Waals surface area contributed by atoms with Crippen molar-refractivity contribution in [2.45, 2.75) is 19.9 Å². The Hall–Kier alpha value is -2.16. The molecule has 2 aromatic carbocycles. The van der Waals surface area contributed by atoms with E-state index in [1.807, 2.05) is 32.3 Å². The summed E-state index contributed by atoms with van der Waals surface area (Å²) in [6.45, 7) is 4.21. The summed E-state index contributed by atoms with van der Waals surface area (Å²) in [5.74, 6) is 2.35.